The van der Waals surface area contributed by atoms with Gasteiger partial charge >= 0.3 is 0 Å². The van der Waals surface area contributed by atoms with Crippen LogP contribution in [0.3, 0.4) is 0 Å². The van der Waals surface area contributed by atoms with E-state index in [9.17, 15) is 42.1 Å². The fourth-order valence-electron chi connectivity index (χ4n) is 8.01. The summed E-state index contributed by atoms with van der Waals surface area (Å²) in [6.07, 6.45) is 0.924. The number of halogens is 5. The molecule has 0 spiro atoms. The first-order valence-electron chi connectivity index (χ1n) is 19.1. The van der Waals surface area contributed by atoms with Gasteiger partial charge in [-0.1, -0.05) is 58.0 Å². The summed E-state index contributed by atoms with van der Waals surface area (Å²) in [5, 5.41) is 2.67. The number of rotatable bonds is 13. The number of hydrogen-bond acceptors (Lipinski definition) is 13. The molecule has 0 aromatic heterocycles. The van der Waals surface area contributed by atoms with Crippen LogP contribution in [0.1, 0.15) is 61.1 Å². The Bertz CT molecular complexity index is 3580. The van der Waals surface area contributed by atoms with Crippen molar-refractivity contribution in [3.05, 3.63) is 99.4 Å². The fourth-order valence-corrected chi connectivity index (χ4v) is 14.3. The highest BCUT2D eigenvalue weighted by molar-refractivity contribution is 8.15. The molecule has 0 saturated carbocycles. The lowest BCUT2D eigenvalue weighted by Crippen LogP contribution is -2.14. The quantitative estimate of drug-likeness (QED) is 0.0846. The minimum Gasteiger partial charge on any atom is -0.456 e. The third-order valence-corrected chi connectivity index (χ3v) is 17.7. The molecule has 4 aromatic rings. The fraction of sp³-hybridized carbons (Fsp3) is 0.244. The highest BCUT2D eigenvalue weighted by atomic mass is 35.7. The summed E-state index contributed by atoms with van der Waals surface area (Å²) in [5.41, 5.74) is 2.01. The number of anilines is 2. The van der Waals surface area contributed by atoms with E-state index in [2.05, 4.69) is 5.32 Å². The Balaban J connectivity index is 1.87. The van der Waals surface area contributed by atoms with Gasteiger partial charge in [0.15, 0.2) is 0 Å². The smallest absolute Gasteiger partial charge is 0.263 e. The van der Waals surface area contributed by atoms with E-state index in [4.69, 9.17) is 62.8 Å². The molecule has 0 amide bonds. The second kappa shape index (κ2) is 18.0. The van der Waals surface area contributed by atoms with Crippen LogP contribution in [-0.4, -0.2) is 42.1 Å². The van der Waals surface area contributed by atoms with Gasteiger partial charge < -0.3 is 9.73 Å². The molecule has 1 N–H and O–H groups in total. The molecule has 0 saturated heterocycles. The van der Waals surface area contributed by atoms with Gasteiger partial charge in [0.1, 0.15) is 21.1 Å². The standard InChI is InChI=1S/C41H37Cl5N2O11S5/c1-7-23-15-21(5)40(63(45,55)56)25(9-3)38(23)47-30-19-32-28(17-35(30)61(43,51)52)37(27-13-11-12-14-34(27)60(42,49)50)29-18-36(62(44,53)54)31(20-33(29)59-32)48-39-24(8-2)16-22(6)41(26(39)10-4)64(46,57)58/h11-20,47H,7-10H2,1-6H3/b48-31+. The lowest BCUT2D eigenvalue weighted by molar-refractivity contribution is 0.604. The summed E-state index contributed by atoms with van der Waals surface area (Å²) in [7, 11) is 7.33. The Labute approximate surface area is 393 Å². The summed E-state index contributed by atoms with van der Waals surface area (Å²) in [6.45, 7) is 10.1. The molecule has 2 aliphatic rings. The molecule has 0 bridgehead atoms. The number of aryl methyl sites for hydroxylation is 4. The van der Waals surface area contributed by atoms with E-state index in [1.165, 1.54) is 36.4 Å². The molecule has 0 fully saturated rings. The van der Waals surface area contributed by atoms with Crippen molar-refractivity contribution < 1.29 is 46.5 Å². The van der Waals surface area contributed by atoms with E-state index in [-0.39, 0.29) is 89.6 Å². The van der Waals surface area contributed by atoms with Gasteiger partial charge in [0.2, 0.25) is 0 Å². The first-order chi connectivity index (χ1) is 29.6. The Kier molecular flexibility index (Phi) is 14.1. The van der Waals surface area contributed by atoms with Crippen molar-refractivity contribution in [2.75, 3.05) is 5.32 Å². The van der Waals surface area contributed by atoms with Crippen LogP contribution in [0.2, 0.25) is 0 Å². The van der Waals surface area contributed by atoms with Crippen LogP contribution in [0.5, 0.6) is 0 Å². The monoisotopic (exact) mass is 1070 g/mol. The lowest BCUT2D eigenvalue weighted by atomic mass is 9.93. The first kappa shape index (κ1) is 50.0. The van der Waals surface area contributed by atoms with E-state index >= 15 is 0 Å². The summed E-state index contributed by atoms with van der Waals surface area (Å²) in [4.78, 5) is 2.71. The first-order valence-corrected chi connectivity index (χ1v) is 30.6. The molecule has 0 atom stereocenters. The van der Waals surface area contributed by atoms with Crippen molar-refractivity contribution in [2.24, 2.45) is 4.99 Å². The molecule has 1 aliphatic carbocycles. The Morgan fingerprint density at radius 2 is 1.09 bits per heavy atom. The van der Waals surface area contributed by atoms with Crippen LogP contribution in [0.25, 0.3) is 33.4 Å². The van der Waals surface area contributed by atoms with E-state index in [1.807, 2.05) is 0 Å². The molecule has 1 aliphatic heterocycles. The minimum absolute atomic E-state index is 0.0824. The molecule has 1 heterocycles. The van der Waals surface area contributed by atoms with Gasteiger partial charge in [-0.05, 0) is 91.1 Å². The summed E-state index contributed by atoms with van der Waals surface area (Å²) < 4.78 is 138. The van der Waals surface area contributed by atoms with Crippen molar-refractivity contribution in [3.63, 3.8) is 0 Å². The molecule has 13 nitrogen and oxygen atoms in total. The zero-order valence-electron chi connectivity index (χ0n) is 34.5. The Hall–Kier alpha value is -3.43. The summed E-state index contributed by atoms with van der Waals surface area (Å²) >= 11 is 0. The second-order valence-corrected chi connectivity index (χ2v) is 27.1. The lowest BCUT2D eigenvalue weighted by Gasteiger charge is -2.22. The van der Waals surface area contributed by atoms with Crippen molar-refractivity contribution in [3.8, 4) is 22.5 Å². The van der Waals surface area contributed by atoms with Crippen molar-refractivity contribution in [1.82, 2.24) is 0 Å². The predicted molar refractivity (Wildman–Crippen MR) is 252 cm³/mol. The number of nitrogens with one attached hydrogen (secondary N) is 1. The van der Waals surface area contributed by atoms with Crippen LogP contribution >= 0.6 is 53.4 Å². The molecule has 6 rings (SSSR count). The van der Waals surface area contributed by atoms with Crippen LogP contribution in [0.15, 0.2) is 94.6 Å². The molecular weight excluding hydrogens is 1030 g/mol. The normalized spacial score (nSPS) is 13.3. The maximum atomic E-state index is 13.5. The molecule has 4 aromatic carbocycles. The van der Waals surface area contributed by atoms with E-state index in [1.54, 1.807) is 53.7 Å². The van der Waals surface area contributed by atoms with Crippen molar-refractivity contribution in [1.29, 1.82) is 0 Å². The average molecular weight is 1070 g/mol. The number of nitrogens with zero attached hydrogens (tertiary/aromatic N) is 1. The molecule has 23 heteroatoms. The third kappa shape index (κ3) is 9.69. The van der Waals surface area contributed by atoms with Crippen LogP contribution in [0.4, 0.5) is 17.1 Å². The zero-order chi connectivity index (χ0) is 47.6. The second-order valence-electron chi connectivity index (χ2n) is 14.5. The van der Waals surface area contributed by atoms with Gasteiger partial charge in [-0.3, -0.25) is 0 Å². The number of benzene rings is 5. The summed E-state index contributed by atoms with van der Waals surface area (Å²) in [5.74, 6) is -0.137. The maximum Gasteiger partial charge on any atom is 0.263 e. The highest BCUT2D eigenvalue weighted by Gasteiger charge is 2.31. The molecular formula is C41H37Cl5N2O11S5. The molecule has 0 radical (unpaired) electrons. The number of hydrogen-bond donors (Lipinski definition) is 1. The third-order valence-electron chi connectivity index (χ3n) is 10.6. The van der Waals surface area contributed by atoms with Crippen LogP contribution in [0, 0.1) is 13.8 Å². The van der Waals surface area contributed by atoms with E-state index in [0.29, 0.717) is 35.1 Å². The van der Waals surface area contributed by atoms with Gasteiger partial charge in [0.05, 0.1) is 31.4 Å². The largest absolute Gasteiger partial charge is 0.456 e. The van der Waals surface area contributed by atoms with Gasteiger partial charge in [-0.2, -0.15) is 0 Å². The van der Waals surface area contributed by atoms with Crippen molar-refractivity contribution >= 4 is 127 Å². The van der Waals surface area contributed by atoms with Crippen LogP contribution in [-0.2, 0) is 70.9 Å². The Morgan fingerprint density at radius 3 is 1.61 bits per heavy atom. The number of fused-ring (bicyclic) bond motifs is 2. The Morgan fingerprint density at radius 1 is 0.562 bits per heavy atom. The molecule has 342 valence electrons. The van der Waals surface area contributed by atoms with Gasteiger partial charge in [-0.25, -0.2) is 47.1 Å². The maximum absolute atomic E-state index is 13.5. The average Bonchev–Trinajstić information content (AvgIpc) is 3.17. The predicted octanol–water partition coefficient (Wildman–Crippen LogP) is 10.7. The summed E-state index contributed by atoms with van der Waals surface area (Å²) in [6, 6.07) is 13.2. The van der Waals surface area contributed by atoms with E-state index in [0.717, 1.165) is 12.1 Å². The van der Waals surface area contributed by atoms with Crippen LogP contribution < -0.4 is 10.7 Å². The topological polar surface area (TPSA) is 208 Å². The highest BCUT2D eigenvalue weighted by Crippen LogP contribution is 2.47. The van der Waals surface area contributed by atoms with Gasteiger partial charge in [0, 0.05) is 93.3 Å². The van der Waals surface area contributed by atoms with E-state index < -0.39 is 59.9 Å². The van der Waals surface area contributed by atoms with Gasteiger partial charge in [0.25, 0.3) is 45.3 Å². The molecule has 0 unspecified atom stereocenters. The minimum atomic E-state index is -4.76. The SMILES string of the molecule is CCc1cc(C)c(S(=O)(=O)Cl)c(CC)c1/N=c1\cc2oc3cc(Nc4c(CC)cc(C)c(S(=O)(=O)Cl)c4CC)c(S(=O)(=O)Cl)cc3c(-c3ccccc3S(=O)(=O)Cl)c-2cc1S(=O)(=O)Cl. The van der Waals surface area contributed by atoms with Gasteiger partial charge in [-0.15, -0.1) is 0 Å². The van der Waals surface area contributed by atoms with Crippen molar-refractivity contribution in [2.45, 2.75) is 91.7 Å². The molecule has 64 heavy (non-hydrogen) atoms. The zero-order valence-corrected chi connectivity index (χ0v) is 42.3.